The predicted molar refractivity (Wildman–Crippen MR) is 55.0 cm³/mol. The molecule has 0 aromatic heterocycles. The summed E-state index contributed by atoms with van der Waals surface area (Å²) in [5.41, 5.74) is 0. The normalized spacial score (nSPS) is 25.2. The minimum atomic E-state index is -1.05. The molecule has 0 aliphatic carbocycles. The van der Waals surface area contributed by atoms with E-state index in [1.165, 1.54) is 4.90 Å². The van der Waals surface area contributed by atoms with Crippen molar-refractivity contribution in [2.24, 2.45) is 0 Å². The molecule has 2 atom stereocenters. The molecular weight excluding hydrogens is 214 g/mol. The van der Waals surface area contributed by atoms with E-state index in [1.54, 1.807) is 6.92 Å². The molecule has 1 aliphatic rings. The average molecular weight is 231 g/mol. The Balaban J connectivity index is 2.57. The summed E-state index contributed by atoms with van der Waals surface area (Å²) in [7, 11) is 0. The van der Waals surface area contributed by atoms with Crippen molar-refractivity contribution >= 4 is 12.1 Å². The highest BCUT2D eigenvalue weighted by Gasteiger charge is 2.32. The van der Waals surface area contributed by atoms with Gasteiger partial charge >= 0.3 is 12.1 Å². The second-order valence-corrected chi connectivity index (χ2v) is 3.82. The van der Waals surface area contributed by atoms with E-state index in [4.69, 9.17) is 9.84 Å². The van der Waals surface area contributed by atoms with Gasteiger partial charge in [0.05, 0.1) is 19.1 Å². The number of aliphatic hydroxyl groups excluding tert-OH is 1. The minimum absolute atomic E-state index is 0.0111. The van der Waals surface area contributed by atoms with Crippen LogP contribution < -0.4 is 0 Å². The summed E-state index contributed by atoms with van der Waals surface area (Å²) in [6.45, 7) is 2.24. The number of hydrogen-bond donors (Lipinski definition) is 2. The second kappa shape index (κ2) is 5.69. The number of hydrogen-bond acceptors (Lipinski definition) is 4. The third-order valence-corrected chi connectivity index (χ3v) is 2.64. The van der Waals surface area contributed by atoms with Gasteiger partial charge in [0.1, 0.15) is 0 Å². The predicted octanol–water partition coefficient (Wildman–Crippen LogP) is 0.443. The first kappa shape index (κ1) is 12.8. The van der Waals surface area contributed by atoms with Crippen LogP contribution in [-0.2, 0) is 9.53 Å². The Bertz CT molecular complexity index is 268. The topological polar surface area (TPSA) is 87.1 Å². The van der Waals surface area contributed by atoms with Crippen molar-refractivity contribution in [2.45, 2.75) is 38.3 Å². The summed E-state index contributed by atoms with van der Waals surface area (Å²) in [5.74, 6) is -0.423. The van der Waals surface area contributed by atoms with Crippen LogP contribution in [0.15, 0.2) is 0 Å². The largest absolute Gasteiger partial charge is 0.466 e. The molecule has 6 nitrogen and oxygen atoms in total. The molecule has 1 amide bonds. The highest BCUT2D eigenvalue weighted by molar-refractivity contribution is 5.72. The van der Waals surface area contributed by atoms with Crippen molar-refractivity contribution < 1.29 is 24.5 Å². The quantitative estimate of drug-likeness (QED) is 0.688. The molecule has 1 aliphatic heterocycles. The number of piperidine rings is 1. The molecule has 1 rings (SSSR count). The molecule has 0 radical (unpaired) electrons. The zero-order chi connectivity index (χ0) is 12.1. The molecule has 0 bridgehead atoms. The maximum atomic E-state index is 11.3. The monoisotopic (exact) mass is 231 g/mol. The number of esters is 1. The number of amides is 1. The van der Waals surface area contributed by atoms with Crippen LogP contribution in [0.25, 0.3) is 0 Å². The standard InChI is InChI=1S/C10H17NO5/c1-2-16-9(13)6-7-5-8(12)3-4-11(7)10(14)15/h7-8,12H,2-6H2,1H3,(H,14,15). The first-order chi connectivity index (χ1) is 7.54. The van der Waals surface area contributed by atoms with Gasteiger partial charge in [-0.15, -0.1) is 0 Å². The maximum Gasteiger partial charge on any atom is 0.407 e. The summed E-state index contributed by atoms with van der Waals surface area (Å²) in [5, 5.41) is 18.4. The van der Waals surface area contributed by atoms with E-state index < -0.39 is 24.2 Å². The molecule has 2 unspecified atom stereocenters. The molecule has 0 aromatic rings. The Morgan fingerprint density at radius 1 is 1.50 bits per heavy atom. The summed E-state index contributed by atoms with van der Waals surface area (Å²) >= 11 is 0. The van der Waals surface area contributed by atoms with E-state index in [0.717, 1.165) is 0 Å². The molecule has 92 valence electrons. The highest BCUT2D eigenvalue weighted by Crippen LogP contribution is 2.20. The molecule has 1 fully saturated rings. The lowest BCUT2D eigenvalue weighted by atomic mass is 9.97. The highest BCUT2D eigenvalue weighted by atomic mass is 16.5. The number of ether oxygens (including phenoxy) is 1. The van der Waals surface area contributed by atoms with E-state index in [0.29, 0.717) is 12.8 Å². The van der Waals surface area contributed by atoms with Crippen molar-refractivity contribution in [3.63, 3.8) is 0 Å². The molecule has 1 heterocycles. The summed E-state index contributed by atoms with van der Waals surface area (Å²) in [4.78, 5) is 23.4. The molecule has 6 heteroatoms. The Morgan fingerprint density at radius 3 is 2.75 bits per heavy atom. The number of likely N-dealkylation sites (tertiary alicyclic amines) is 1. The smallest absolute Gasteiger partial charge is 0.407 e. The molecule has 0 spiro atoms. The lowest BCUT2D eigenvalue weighted by molar-refractivity contribution is -0.144. The van der Waals surface area contributed by atoms with Crippen LogP contribution in [0.3, 0.4) is 0 Å². The van der Waals surface area contributed by atoms with Gasteiger partial charge in [0.15, 0.2) is 0 Å². The first-order valence-electron chi connectivity index (χ1n) is 5.37. The van der Waals surface area contributed by atoms with Gasteiger partial charge < -0.3 is 19.8 Å². The third-order valence-electron chi connectivity index (χ3n) is 2.64. The Labute approximate surface area is 93.8 Å². The third kappa shape index (κ3) is 3.37. The van der Waals surface area contributed by atoms with Gasteiger partial charge in [-0.2, -0.15) is 0 Å². The van der Waals surface area contributed by atoms with Gasteiger partial charge in [0.25, 0.3) is 0 Å². The van der Waals surface area contributed by atoms with Crippen LogP contribution >= 0.6 is 0 Å². The Hall–Kier alpha value is -1.30. The average Bonchev–Trinajstić information content (AvgIpc) is 2.17. The first-order valence-corrected chi connectivity index (χ1v) is 5.37. The van der Waals surface area contributed by atoms with Gasteiger partial charge in [-0.25, -0.2) is 4.79 Å². The van der Waals surface area contributed by atoms with Crippen molar-refractivity contribution in [3.05, 3.63) is 0 Å². The maximum absolute atomic E-state index is 11.3. The summed E-state index contributed by atoms with van der Waals surface area (Å²) in [6.07, 6.45) is -0.857. The number of carbonyl (C=O) groups excluding carboxylic acids is 1. The second-order valence-electron chi connectivity index (χ2n) is 3.82. The summed E-state index contributed by atoms with van der Waals surface area (Å²) in [6, 6.07) is -0.472. The molecule has 1 saturated heterocycles. The van der Waals surface area contributed by atoms with Gasteiger partial charge in [0, 0.05) is 12.6 Å². The van der Waals surface area contributed by atoms with E-state index in [-0.39, 0.29) is 19.6 Å². The van der Waals surface area contributed by atoms with Crippen molar-refractivity contribution in [1.82, 2.24) is 4.90 Å². The van der Waals surface area contributed by atoms with E-state index in [9.17, 15) is 14.7 Å². The van der Waals surface area contributed by atoms with Crippen LogP contribution in [-0.4, -0.2) is 52.5 Å². The molecule has 0 saturated carbocycles. The number of nitrogens with zero attached hydrogens (tertiary/aromatic N) is 1. The van der Waals surface area contributed by atoms with Crippen LogP contribution in [0.5, 0.6) is 0 Å². The van der Waals surface area contributed by atoms with Crippen molar-refractivity contribution in [1.29, 1.82) is 0 Å². The Morgan fingerprint density at radius 2 is 2.19 bits per heavy atom. The van der Waals surface area contributed by atoms with Crippen LogP contribution in [0.4, 0.5) is 4.79 Å². The molecule has 16 heavy (non-hydrogen) atoms. The number of carboxylic acid groups (broad SMARTS) is 1. The number of rotatable bonds is 3. The fourth-order valence-electron chi connectivity index (χ4n) is 1.89. The van der Waals surface area contributed by atoms with Crippen LogP contribution in [0.1, 0.15) is 26.2 Å². The fourth-order valence-corrected chi connectivity index (χ4v) is 1.89. The lowest BCUT2D eigenvalue weighted by Gasteiger charge is -2.35. The number of carbonyl (C=O) groups is 2. The lowest BCUT2D eigenvalue weighted by Crippen LogP contribution is -2.48. The minimum Gasteiger partial charge on any atom is -0.466 e. The van der Waals surface area contributed by atoms with Crippen molar-refractivity contribution in [3.8, 4) is 0 Å². The van der Waals surface area contributed by atoms with E-state index >= 15 is 0 Å². The van der Waals surface area contributed by atoms with E-state index in [1.807, 2.05) is 0 Å². The zero-order valence-corrected chi connectivity index (χ0v) is 9.26. The van der Waals surface area contributed by atoms with Crippen LogP contribution in [0.2, 0.25) is 0 Å². The zero-order valence-electron chi connectivity index (χ0n) is 9.26. The molecule has 2 N–H and O–H groups in total. The van der Waals surface area contributed by atoms with Gasteiger partial charge in [-0.1, -0.05) is 0 Å². The van der Waals surface area contributed by atoms with Gasteiger partial charge in [0.2, 0.25) is 0 Å². The fraction of sp³-hybridized carbons (Fsp3) is 0.800. The SMILES string of the molecule is CCOC(=O)CC1CC(O)CCN1C(=O)O. The van der Waals surface area contributed by atoms with Crippen LogP contribution in [0, 0.1) is 0 Å². The number of aliphatic hydroxyl groups is 1. The van der Waals surface area contributed by atoms with Gasteiger partial charge in [-0.05, 0) is 19.8 Å². The molecular formula is C10H17NO5. The molecule has 0 aromatic carbocycles. The van der Waals surface area contributed by atoms with E-state index in [2.05, 4.69) is 0 Å². The van der Waals surface area contributed by atoms with Gasteiger partial charge in [-0.3, -0.25) is 4.79 Å². The Kier molecular flexibility index (Phi) is 4.54. The summed E-state index contributed by atoms with van der Waals surface area (Å²) < 4.78 is 4.77. The van der Waals surface area contributed by atoms with Crippen molar-refractivity contribution in [2.75, 3.05) is 13.2 Å².